The number of halogens is 1. The highest BCUT2D eigenvalue weighted by molar-refractivity contribution is 7.88. The molecule has 0 saturated carbocycles. The molecule has 0 radical (unpaired) electrons. The molecule has 1 aromatic heterocycles. The molecule has 2 aromatic carbocycles. The Morgan fingerprint density at radius 2 is 2.03 bits per heavy atom. The van der Waals surface area contributed by atoms with Crippen LogP contribution in [0.5, 0.6) is 11.5 Å². The Bertz CT molecular complexity index is 1310. The van der Waals surface area contributed by atoms with E-state index in [0.717, 1.165) is 35.2 Å². The van der Waals surface area contributed by atoms with Crippen molar-refractivity contribution in [3.05, 3.63) is 53.2 Å². The van der Waals surface area contributed by atoms with Crippen molar-refractivity contribution in [2.45, 2.75) is 19.8 Å². The van der Waals surface area contributed by atoms with Crippen LogP contribution in [-0.4, -0.2) is 49.8 Å². The number of fused-ring (bicyclic) bond motifs is 1. The van der Waals surface area contributed by atoms with Crippen molar-refractivity contribution in [3.8, 4) is 23.3 Å². The lowest BCUT2D eigenvalue weighted by molar-refractivity contribution is 0.255. The Balaban J connectivity index is 1.52. The van der Waals surface area contributed by atoms with E-state index in [9.17, 15) is 13.7 Å². The van der Waals surface area contributed by atoms with Gasteiger partial charge in [-0.3, -0.25) is 0 Å². The van der Waals surface area contributed by atoms with E-state index in [4.69, 9.17) is 21.1 Å². The van der Waals surface area contributed by atoms with Gasteiger partial charge in [-0.15, -0.1) is 0 Å². The van der Waals surface area contributed by atoms with Gasteiger partial charge in [-0.05, 0) is 49.2 Å². The van der Waals surface area contributed by atoms with Crippen molar-refractivity contribution in [1.29, 1.82) is 5.26 Å². The van der Waals surface area contributed by atoms with Crippen molar-refractivity contribution in [1.82, 2.24) is 8.87 Å². The molecule has 1 atom stereocenters. The van der Waals surface area contributed by atoms with Crippen LogP contribution in [0.15, 0.2) is 42.6 Å². The van der Waals surface area contributed by atoms with Crippen LogP contribution in [0.2, 0.25) is 5.02 Å². The normalized spacial score (nSPS) is 16.7. The van der Waals surface area contributed by atoms with Gasteiger partial charge in [-0.2, -0.15) is 5.26 Å². The predicted molar refractivity (Wildman–Crippen MR) is 129 cm³/mol. The summed E-state index contributed by atoms with van der Waals surface area (Å²) in [7, 11) is -3.15. The van der Waals surface area contributed by atoms with Crippen molar-refractivity contribution in [3.63, 3.8) is 0 Å². The van der Waals surface area contributed by atoms with Crippen LogP contribution >= 0.6 is 11.6 Å². The third-order valence-corrected chi connectivity index (χ3v) is 7.29. The van der Waals surface area contributed by atoms with Crippen LogP contribution in [0.1, 0.15) is 25.3 Å². The van der Waals surface area contributed by atoms with E-state index in [1.54, 1.807) is 12.1 Å². The Labute approximate surface area is 199 Å². The van der Waals surface area contributed by atoms with Gasteiger partial charge >= 0.3 is 0 Å². The van der Waals surface area contributed by atoms with Crippen molar-refractivity contribution < 1.29 is 17.9 Å². The highest BCUT2D eigenvalue weighted by Crippen LogP contribution is 2.34. The summed E-state index contributed by atoms with van der Waals surface area (Å²) in [4.78, 5) is 0. The zero-order valence-corrected chi connectivity index (χ0v) is 20.2. The van der Waals surface area contributed by atoms with E-state index < -0.39 is 10.0 Å². The van der Waals surface area contributed by atoms with E-state index in [1.165, 1.54) is 10.6 Å². The molecule has 1 aliphatic rings. The summed E-state index contributed by atoms with van der Waals surface area (Å²) < 4.78 is 38.5. The topological polar surface area (TPSA) is 84.6 Å². The number of nitrogens with zero attached hydrogens (tertiary/aromatic N) is 3. The molecule has 0 amide bonds. The minimum Gasteiger partial charge on any atom is -0.493 e. The van der Waals surface area contributed by atoms with Crippen LogP contribution in [-0.2, 0) is 10.0 Å². The zero-order valence-electron chi connectivity index (χ0n) is 18.6. The van der Waals surface area contributed by atoms with Crippen LogP contribution in [0.4, 0.5) is 0 Å². The Morgan fingerprint density at radius 3 is 2.73 bits per heavy atom. The maximum Gasteiger partial charge on any atom is 0.211 e. The van der Waals surface area contributed by atoms with Crippen LogP contribution in [0, 0.1) is 17.2 Å². The number of nitriles is 1. The van der Waals surface area contributed by atoms with Crippen molar-refractivity contribution in [2.75, 3.05) is 32.6 Å². The summed E-state index contributed by atoms with van der Waals surface area (Å²) in [5.41, 5.74) is 2.12. The molecule has 1 aliphatic heterocycles. The molecular weight excluding hydrogens is 462 g/mol. The molecule has 4 rings (SSSR count). The second kappa shape index (κ2) is 9.64. The minimum atomic E-state index is -3.15. The fraction of sp³-hybridized carbons (Fsp3) is 0.375. The average Bonchev–Trinajstić information content (AvgIpc) is 3.43. The van der Waals surface area contributed by atoms with Gasteiger partial charge in [0, 0.05) is 36.3 Å². The second-order valence-electron chi connectivity index (χ2n) is 8.26. The first kappa shape index (κ1) is 23.4. The van der Waals surface area contributed by atoms with Crippen molar-refractivity contribution >= 4 is 32.5 Å². The number of ether oxygens (including phenoxy) is 2. The van der Waals surface area contributed by atoms with Gasteiger partial charge < -0.3 is 14.0 Å². The van der Waals surface area contributed by atoms with Gasteiger partial charge in [-0.1, -0.05) is 18.5 Å². The van der Waals surface area contributed by atoms with Crippen LogP contribution in [0.3, 0.4) is 0 Å². The van der Waals surface area contributed by atoms with Crippen LogP contribution in [0.25, 0.3) is 16.6 Å². The van der Waals surface area contributed by atoms with E-state index in [2.05, 4.69) is 6.07 Å². The summed E-state index contributed by atoms with van der Waals surface area (Å²) in [6.45, 7) is 4.01. The lowest BCUT2D eigenvalue weighted by Crippen LogP contribution is -2.28. The molecule has 0 N–H and O–H groups in total. The molecule has 1 saturated heterocycles. The molecule has 174 valence electrons. The summed E-state index contributed by atoms with van der Waals surface area (Å²) >= 11 is 6.43. The summed E-state index contributed by atoms with van der Waals surface area (Å²) in [6.07, 6.45) is 4.79. The molecule has 1 unspecified atom stereocenters. The molecule has 0 aliphatic carbocycles. The maximum atomic E-state index is 11.7. The zero-order chi connectivity index (χ0) is 23.6. The fourth-order valence-electron chi connectivity index (χ4n) is 4.04. The van der Waals surface area contributed by atoms with Gasteiger partial charge in [-0.25, -0.2) is 12.7 Å². The quantitative estimate of drug-likeness (QED) is 0.463. The van der Waals surface area contributed by atoms with E-state index in [0.29, 0.717) is 42.6 Å². The van der Waals surface area contributed by atoms with Gasteiger partial charge in [0.05, 0.1) is 35.6 Å². The molecule has 0 bridgehead atoms. The number of aromatic nitrogens is 1. The molecular formula is C24H26ClN3O4S. The average molecular weight is 488 g/mol. The van der Waals surface area contributed by atoms with E-state index in [1.807, 2.05) is 42.0 Å². The number of rotatable bonds is 8. The van der Waals surface area contributed by atoms with E-state index in [-0.39, 0.29) is 5.92 Å². The van der Waals surface area contributed by atoms with Gasteiger partial charge in [0.25, 0.3) is 0 Å². The molecule has 33 heavy (non-hydrogen) atoms. The van der Waals surface area contributed by atoms with Gasteiger partial charge in [0.2, 0.25) is 10.0 Å². The number of sulfonamides is 1. The van der Waals surface area contributed by atoms with Gasteiger partial charge in [0.1, 0.15) is 11.8 Å². The molecule has 9 heteroatoms. The summed E-state index contributed by atoms with van der Waals surface area (Å²) in [6, 6.07) is 13.5. The Hall–Kier alpha value is -2.73. The number of benzene rings is 2. The maximum absolute atomic E-state index is 11.7. The highest BCUT2D eigenvalue weighted by atomic mass is 35.5. The number of hydrogen-bond donors (Lipinski definition) is 0. The molecule has 0 spiro atoms. The third-order valence-electron chi connectivity index (χ3n) is 5.74. The Kier molecular flexibility index (Phi) is 6.84. The first-order chi connectivity index (χ1) is 15.8. The van der Waals surface area contributed by atoms with Gasteiger partial charge in [0.15, 0.2) is 5.75 Å². The minimum absolute atomic E-state index is 0.181. The molecule has 3 aromatic rings. The Morgan fingerprint density at radius 1 is 1.21 bits per heavy atom. The first-order valence-corrected chi connectivity index (χ1v) is 13.1. The number of hydrogen-bond acceptors (Lipinski definition) is 5. The highest BCUT2D eigenvalue weighted by Gasteiger charge is 2.28. The SMILES string of the molecule is CCCOc1c(Cl)cc(-n2ccc3cc(OCC4CCN(S(C)(=O)=O)C4)ccc32)cc1C#N. The monoisotopic (exact) mass is 487 g/mol. The third kappa shape index (κ3) is 5.11. The summed E-state index contributed by atoms with van der Waals surface area (Å²) in [5.74, 6) is 1.33. The molecule has 2 heterocycles. The standard InChI is InChI=1S/C24H26ClN3O4S/c1-3-10-31-24-19(14-26)11-20(13-22(24)25)28-9-7-18-12-21(4-5-23(18)28)32-16-17-6-8-27(15-17)33(2,29)30/h4-5,7,9,11-13,17H,3,6,8,10,15-16H2,1-2H3. The predicted octanol–water partition coefficient (Wildman–Crippen LogP) is 4.60. The second-order valence-corrected chi connectivity index (χ2v) is 10.6. The lowest BCUT2D eigenvalue weighted by atomic mass is 10.1. The molecule has 1 fully saturated rings. The fourth-order valence-corrected chi connectivity index (χ4v) is 5.22. The lowest BCUT2D eigenvalue weighted by Gasteiger charge is -2.14. The van der Waals surface area contributed by atoms with Crippen molar-refractivity contribution in [2.24, 2.45) is 5.92 Å². The largest absolute Gasteiger partial charge is 0.493 e. The van der Waals surface area contributed by atoms with E-state index >= 15 is 0 Å². The smallest absolute Gasteiger partial charge is 0.211 e. The first-order valence-electron chi connectivity index (χ1n) is 10.9. The summed E-state index contributed by atoms with van der Waals surface area (Å²) in [5, 5.41) is 11.0. The molecule has 7 nitrogen and oxygen atoms in total. The van der Waals surface area contributed by atoms with Crippen LogP contribution < -0.4 is 9.47 Å².